The molecule has 0 amide bonds. The molecule has 3 saturated carbocycles. The Morgan fingerprint density at radius 2 is 1.42 bits per heavy atom. The quantitative estimate of drug-likeness (QED) is 0.0768. The van der Waals surface area contributed by atoms with E-state index in [0.29, 0.717) is 32.1 Å². The Hall–Kier alpha value is -3.59. The van der Waals surface area contributed by atoms with Gasteiger partial charge in [0, 0.05) is 24.7 Å². The Bertz CT molecular complexity index is 2250. The molecule has 7 aliphatic rings. The van der Waals surface area contributed by atoms with Crippen LogP contribution in [0.25, 0.3) is 0 Å². The van der Waals surface area contributed by atoms with Gasteiger partial charge >= 0.3 is 11.9 Å². The smallest absolute Gasteiger partial charge is 0.338 e. The number of aliphatic hydroxyl groups excluding tert-OH is 7. The minimum Gasteiger partial charge on any atom is -0.493 e. The van der Waals surface area contributed by atoms with Gasteiger partial charge in [0.2, 0.25) is 5.75 Å². The van der Waals surface area contributed by atoms with Crippen molar-refractivity contribution < 1.29 is 107 Å². The zero-order chi connectivity index (χ0) is 56.1. The van der Waals surface area contributed by atoms with E-state index in [2.05, 4.69) is 13.0 Å². The molecule has 434 valence electrons. The maximum absolute atomic E-state index is 14.4. The third-order valence-corrected chi connectivity index (χ3v) is 18.5. The Morgan fingerprint density at radius 1 is 0.753 bits per heavy atom. The van der Waals surface area contributed by atoms with Crippen LogP contribution in [0.3, 0.4) is 0 Å². The third-order valence-electron chi connectivity index (χ3n) is 18.5. The second-order valence-corrected chi connectivity index (χ2v) is 23.2. The molecular weight excluding hydrogens is 1010 g/mol. The summed E-state index contributed by atoms with van der Waals surface area (Å²) in [6.45, 7) is 9.76. The molecule has 3 heterocycles. The van der Waals surface area contributed by atoms with Crippen LogP contribution in [-0.2, 0) is 47.5 Å². The predicted octanol–water partition coefficient (Wildman–Crippen LogP) is 1.87. The Balaban J connectivity index is 1.06. The molecule has 0 bridgehead atoms. The minimum atomic E-state index is -1.78. The Kier molecular flexibility index (Phi) is 18.4. The fourth-order valence-electron chi connectivity index (χ4n) is 14.0. The van der Waals surface area contributed by atoms with Crippen LogP contribution in [0.1, 0.15) is 110 Å². The summed E-state index contributed by atoms with van der Waals surface area (Å²) in [6, 6.07) is 2.66. The molecule has 22 heteroatoms. The molecule has 4 aliphatic carbocycles. The summed E-state index contributed by atoms with van der Waals surface area (Å²) in [5.74, 6) is -2.20. The molecule has 3 saturated heterocycles. The van der Waals surface area contributed by atoms with Gasteiger partial charge in [0.05, 0.1) is 58.9 Å². The van der Waals surface area contributed by atoms with Crippen molar-refractivity contribution in [3.8, 4) is 17.2 Å². The number of carbonyl (C=O) groups excluding carboxylic acids is 3. The van der Waals surface area contributed by atoms with Gasteiger partial charge in [-0.15, -0.1) is 0 Å². The second kappa shape index (κ2) is 23.9. The van der Waals surface area contributed by atoms with Gasteiger partial charge in [0.25, 0.3) is 0 Å². The molecule has 0 aromatic heterocycles. The fourth-order valence-corrected chi connectivity index (χ4v) is 14.0. The maximum atomic E-state index is 14.4. The second-order valence-electron chi connectivity index (χ2n) is 23.2. The molecule has 22 nitrogen and oxygen atoms in total. The highest BCUT2D eigenvalue weighted by Crippen LogP contribution is 2.69. The largest absolute Gasteiger partial charge is 0.493 e. The molecule has 0 radical (unpaired) electrons. The summed E-state index contributed by atoms with van der Waals surface area (Å²) >= 11 is 0. The van der Waals surface area contributed by atoms with Gasteiger partial charge in [-0.3, -0.25) is 9.59 Å². The molecule has 77 heavy (non-hydrogen) atoms. The van der Waals surface area contributed by atoms with E-state index in [0.717, 1.165) is 19.8 Å². The van der Waals surface area contributed by atoms with Gasteiger partial charge in [-0.2, -0.15) is 0 Å². The van der Waals surface area contributed by atoms with E-state index in [9.17, 15) is 55.2 Å². The van der Waals surface area contributed by atoms with Crippen LogP contribution < -0.4 is 14.2 Å². The van der Waals surface area contributed by atoms with Gasteiger partial charge in [0.15, 0.2) is 42.6 Å². The molecular formula is C55H82O22. The number of Topliss-reactive ketones (excluding diaryl/α,β-unsaturated/α-hetero) is 1. The fraction of sp³-hybridized carbons (Fsp3) is 0.800. The van der Waals surface area contributed by atoms with Crippen molar-refractivity contribution in [2.45, 2.75) is 197 Å². The van der Waals surface area contributed by atoms with Crippen LogP contribution in [0.5, 0.6) is 17.2 Å². The number of allylic oxidation sites excluding steroid dienone is 1. The average Bonchev–Trinajstić information content (AvgIpc) is 3.85. The summed E-state index contributed by atoms with van der Waals surface area (Å²) in [4.78, 5) is 41.2. The lowest BCUT2D eigenvalue weighted by atomic mass is 9.46. The van der Waals surface area contributed by atoms with Crippen LogP contribution in [0.4, 0.5) is 0 Å². The highest BCUT2D eigenvalue weighted by atomic mass is 16.8. The summed E-state index contributed by atoms with van der Waals surface area (Å²) < 4.78 is 65.0. The summed E-state index contributed by atoms with van der Waals surface area (Å²) in [5.41, 5.74) is -1.84. The topological polar surface area (TPSA) is 315 Å². The van der Waals surface area contributed by atoms with E-state index < -0.39 is 135 Å². The monoisotopic (exact) mass is 1090 g/mol. The first kappa shape index (κ1) is 59.5. The molecule has 3 aliphatic heterocycles. The van der Waals surface area contributed by atoms with Crippen LogP contribution in [-0.4, -0.2) is 197 Å². The standard InChI is InChI=1S/C55H82O22/c1-25(2)10-13-34(58)26(3)55(66)40(21-33-31-12-11-29-20-30(14-16-53(29,5)32(31)15-17-54(33,55)6)73-50-44(64)43(63)42(62)39(22-56)74-50)75-52-48(72-27(4)57)45(36(60)24-71-52)77-51-47(41(61)35(59)23-70-51)76-49(65)28-18-37(67-7)46(69-9)38(19-28)68-8/h11,18-19,25-26,30-33,35-36,39-45,47-48,50-52,56,59-64,66H,10,12-17,20-24H2,1-9H3/t26-,30+,31-,32+,33+,35-,36+,39-,40+,41+,42-,43+,44-,45+,47-,48-,50-,51+,52+,53+,54+,55-/m1/s1. The first-order chi connectivity index (χ1) is 36.4. The van der Waals surface area contributed by atoms with E-state index in [1.807, 2.05) is 20.8 Å². The lowest BCUT2D eigenvalue weighted by molar-refractivity contribution is -0.345. The van der Waals surface area contributed by atoms with Crippen molar-refractivity contribution in [1.82, 2.24) is 0 Å². The number of fused-ring (bicyclic) bond motifs is 5. The predicted molar refractivity (Wildman–Crippen MR) is 267 cm³/mol. The van der Waals surface area contributed by atoms with Crippen molar-refractivity contribution in [2.24, 2.45) is 40.4 Å². The van der Waals surface area contributed by atoms with Gasteiger partial charge in [-0.05, 0) is 92.6 Å². The number of ether oxygens (including phenoxy) is 11. The lowest BCUT2D eigenvalue weighted by Gasteiger charge is -2.59. The molecule has 1 aromatic rings. The van der Waals surface area contributed by atoms with Crippen LogP contribution in [0.15, 0.2) is 23.8 Å². The third kappa shape index (κ3) is 11.2. The van der Waals surface area contributed by atoms with Gasteiger partial charge < -0.3 is 93.0 Å². The Labute approximate surface area is 449 Å². The van der Waals surface area contributed by atoms with Crippen molar-refractivity contribution in [1.29, 1.82) is 0 Å². The Morgan fingerprint density at radius 3 is 2.04 bits per heavy atom. The molecule has 0 unspecified atom stereocenters. The van der Waals surface area contributed by atoms with E-state index >= 15 is 0 Å². The van der Waals surface area contributed by atoms with E-state index in [1.54, 1.807) is 6.92 Å². The molecule has 6 fully saturated rings. The lowest BCUT2D eigenvalue weighted by Crippen LogP contribution is -2.64. The van der Waals surface area contributed by atoms with Gasteiger partial charge in [-0.1, -0.05) is 46.3 Å². The number of carbonyl (C=O) groups is 3. The molecule has 1 aromatic carbocycles. The summed E-state index contributed by atoms with van der Waals surface area (Å²) in [7, 11) is 4.11. The van der Waals surface area contributed by atoms with Crippen molar-refractivity contribution in [3.05, 3.63) is 29.3 Å². The van der Waals surface area contributed by atoms with Crippen molar-refractivity contribution in [3.63, 3.8) is 0 Å². The number of rotatable bonds is 18. The van der Waals surface area contributed by atoms with Crippen LogP contribution in [0, 0.1) is 40.4 Å². The maximum Gasteiger partial charge on any atom is 0.338 e. The highest BCUT2D eigenvalue weighted by molar-refractivity contribution is 5.91. The van der Waals surface area contributed by atoms with Crippen molar-refractivity contribution in [2.75, 3.05) is 41.2 Å². The number of ketones is 1. The first-order valence-electron chi connectivity index (χ1n) is 27.1. The van der Waals surface area contributed by atoms with Crippen molar-refractivity contribution >= 4 is 17.7 Å². The highest BCUT2D eigenvalue weighted by Gasteiger charge is 2.71. The molecule has 0 spiro atoms. The number of methoxy groups -OCH3 is 3. The zero-order valence-electron chi connectivity index (χ0n) is 45.6. The summed E-state index contributed by atoms with van der Waals surface area (Å²) in [6.07, 6.45) is -14.1. The van der Waals surface area contributed by atoms with E-state index in [-0.39, 0.29) is 76.6 Å². The van der Waals surface area contributed by atoms with Gasteiger partial charge in [0.1, 0.15) is 60.2 Å². The number of aliphatic hydroxyl groups is 8. The SMILES string of the molecule is COc1cc(C(=O)O[C@H]2[C@H](O[C@@H]3[C@@H](OC(C)=O)[C@H](O[C@H]4C[C@H]5[C@@H]6CC=C7C[C@@H](O[C@@H]8O[C@H](CO)[C@@H](O)[C@H](O)[C@H]8O)CC[C@]7(C)[C@H]6CC[C@]5(C)[C@@]4(O)[C@H](C)C(=O)CCC(C)C)OC[C@@H]3O)OC[C@@H](O)[C@@H]2O)cc(OC)c1OC. The van der Waals surface area contributed by atoms with Crippen LogP contribution >= 0.6 is 0 Å². The average molecular weight is 1100 g/mol. The summed E-state index contributed by atoms with van der Waals surface area (Å²) in [5, 5.41) is 88.6. The molecule has 8 N–H and O–H groups in total. The number of esters is 2. The number of hydrogen-bond acceptors (Lipinski definition) is 22. The van der Waals surface area contributed by atoms with E-state index in [1.165, 1.54) is 39.0 Å². The number of hydrogen-bond donors (Lipinski definition) is 8. The zero-order valence-corrected chi connectivity index (χ0v) is 45.6. The minimum absolute atomic E-state index is 0.0305. The normalized spacial score (nSPS) is 42.2. The number of benzene rings is 1. The van der Waals surface area contributed by atoms with Crippen LogP contribution in [0.2, 0.25) is 0 Å². The first-order valence-corrected chi connectivity index (χ1v) is 27.1. The van der Waals surface area contributed by atoms with E-state index in [4.69, 9.17) is 52.1 Å². The molecule has 22 atom stereocenters. The van der Waals surface area contributed by atoms with Gasteiger partial charge in [-0.25, -0.2) is 4.79 Å². The molecule has 8 rings (SSSR count).